The summed E-state index contributed by atoms with van der Waals surface area (Å²) in [4.78, 5) is 39.7. The standard InChI is InChI=1S/C25H19ClN4O5/c1-35-18-8-10-21-19(13-18)16(14-27-21)11-23(29-24(31)15-5-3-2-4-6-15)25(32)28-22-12-17(30(33)34)7-9-20(22)26/h2-14,27H,1H3,(H,28,32)(H,29,31). The molecule has 0 saturated heterocycles. The molecular formula is C25H19ClN4O5. The smallest absolute Gasteiger partial charge is 0.272 e. The molecular weight excluding hydrogens is 472 g/mol. The first-order valence-corrected chi connectivity index (χ1v) is 10.7. The molecule has 0 unspecified atom stereocenters. The lowest BCUT2D eigenvalue weighted by Gasteiger charge is -2.12. The topological polar surface area (TPSA) is 126 Å². The van der Waals surface area contributed by atoms with Crippen molar-refractivity contribution in [2.45, 2.75) is 0 Å². The van der Waals surface area contributed by atoms with E-state index in [0.29, 0.717) is 16.9 Å². The fourth-order valence-electron chi connectivity index (χ4n) is 3.38. The van der Waals surface area contributed by atoms with Crippen LogP contribution in [0.25, 0.3) is 17.0 Å². The van der Waals surface area contributed by atoms with Crippen LogP contribution in [0.15, 0.2) is 78.6 Å². The molecule has 1 aromatic heterocycles. The molecule has 0 radical (unpaired) electrons. The molecule has 0 aliphatic carbocycles. The Labute approximate surface area is 204 Å². The summed E-state index contributed by atoms with van der Waals surface area (Å²) < 4.78 is 5.29. The van der Waals surface area contributed by atoms with Gasteiger partial charge in [0.15, 0.2) is 0 Å². The van der Waals surface area contributed by atoms with Crippen molar-refractivity contribution in [3.05, 3.63) is 105 Å². The number of carbonyl (C=O) groups excluding carboxylic acids is 2. The summed E-state index contributed by atoms with van der Waals surface area (Å²) in [5.41, 5.74) is 1.46. The molecule has 0 atom stereocenters. The number of amides is 2. The average Bonchev–Trinajstić information content (AvgIpc) is 3.27. The fourth-order valence-corrected chi connectivity index (χ4v) is 3.54. The quantitative estimate of drug-likeness (QED) is 0.188. The molecule has 4 aromatic rings. The molecule has 0 bridgehead atoms. The number of carbonyl (C=O) groups is 2. The first kappa shape index (κ1) is 23.5. The van der Waals surface area contributed by atoms with Crippen LogP contribution < -0.4 is 15.4 Å². The van der Waals surface area contributed by atoms with Crippen LogP contribution >= 0.6 is 11.6 Å². The number of nitrogens with zero attached hydrogens (tertiary/aromatic N) is 1. The van der Waals surface area contributed by atoms with Gasteiger partial charge >= 0.3 is 0 Å². The van der Waals surface area contributed by atoms with Crippen LogP contribution in [-0.2, 0) is 4.79 Å². The molecule has 3 N–H and O–H groups in total. The lowest BCUT2D eigenvalue weighted by atomic mass is 10.1. The molecule has 0 spiro atoms. The van der Waals surface area contributed by atoms with Crippen LogP contribution in [-0.4, -0.2) is 28.8 Å². The van der Waals surface area contributed by atoms with Crippen molar-refractivity contribution in [3.8, 4) is 5.75 Å². The van der Waals surface area contributed by atoms with E-state index in [1.54, 1.807) is 55.8 Å². The van der Waals surface area contributed by atoms with E-state index >= 15 is 0 Å². The fraction of sp³-hybridized carbons (Fsp3) is 0.0400. The molecule has 35 heavy (non-hydrogen) atoms. The normalized spacial score (nSPS) is 11.2. The lowest BCUT2D eigenvalue weighted by molar-refractivity contribution is -0.384. The molecule has 1 heterocycles. The van der Waals surface area contributed by atoms with Crippen LogP contribution in [0.1, 0.15) is 15.9 Å². The molecule has 10 heteroatoms. The zero-order chi connectivity index (χ0) is 24.9. The van der Waals surface area contributed by atoms with E-state index in [0.717, 1.165) is 17.0 Å². The van der Waals surface area contributed by atoms with Crippen LogP contribution in [0, 0.1) is 10.1 Å². The Balaban J connectivity index is 1.73. The number of anilines is 1. The average molecular weight is 491 g/mol. The van der Waals surface area contributed by atoms with Gasteiger partial charge in [0.25, 0.3) is 17.5 Å². The number of fused-ring (bicyclic) bond motifs is 1. The molecule has 0 fully saturated rings. The van der Waals surface area contributed by atoms with Gasteiger partial charge in [0.2, 0.25) is 0 Å². The van der Waals surface area contributed by atoms with Crippen molar-refractivity contribution in [1.29, 1.82) is 0 Å². The van der Waals surface area contributed by atoms with Gasteiger partial charge in [-0.05, 0) is 42.5 Å². The number of hydrogen-bond acceptors (Lipinski definition) is 5. The van der Waals surface area contributed by atoms with Crippen molar-refractivity contribution in [2.24, 2.45) is 0 Å². The van der Waals surface area contributed by atoms with Crippen molar-refractivity contribution in [2.75, 3.05) is 12.4 Å². The summed E-state index contributed by atoms with van der Waals surface area (Å²) in [6, 6.07) is 17.5. The minimum absolute atomic E-state index is 0.0336. The van der Waals surface area contributed by atoms with Crippen molar-refractivity contribution < 1.29 is 19.2 Å². The van der Waals surface area contributed by atoms with Crippen LogP contribution in [0.4, 0.5) is 11.4 Å². The van der Waals surface area contributed by atoms with E-state index < -0.39 is 16.7 Å². The number of non-ortho nitro benzene ring substituents is 1. The summed E-state index contributed by atoms with van der Waals surface area (Å²) in [5.74, 6) is -0.599. The summed E-state index contributed by atoms with van der Waals surface area (Å²) >= 11 is 6.14. The van der Waals surface area contributed by atoms with Gasteiger partial charge in [-0.25, -0.2) is 0 Å². The molecule has 0 aliphatic heterocycles. The maximum absolute atomic E-state index is 13.2. The number of hydrogen-bond donors (Lipinski definition) is 3. The zero-order valence-corrected chi connectivity index (χ0v) is 19.1. The molecule has 176 valence electrons. The van der Waals surface area contributed by atoms with Crippen LogP contribution in [0.5, 0.6) is 5.75 Å². The lowest BCUT2D eigenvalue weighted by Crippen LogP contribution is -2.30. The number of nitro groups is 1. The largest absolute Gasteiger partial charge is 0.497 e. The summed E-state index contributed by atoms with van der Waals surface area (Å²) in [7, 11) is 1.55. The van der Waals surface area contributed by atoms with E-state index in [4.69, 9.17) is 16.3 Å². The number of methoxy groups -OCH3 is 1. The number of aromatic amines is 1. The summed E-state index contributed by atoms with van der Waals surface area (Å²) in [6.45, 7) is 0. The third kappa shape index (κ3) is 5.31. The van der Waals surface area contributed by atoms with Gasteiger partial charge in [-0.3, -0.25) is 19.7 Å². The number of aromatic nitrogens is 1. The van der Waals surface area contributed by atoms with Crippen molar-refractivity contribution >= 4 is 51.8 Å². The highest BCUT2D eigenvalue weighted by atomic mass is 35.5. The predicted molar refractivity (Wildman–Crippen MR) is 133 cm³/mol. The second-order valence-electron chi connectivity index (χ2n) is 7.41. The maximum atomic E-state index is 13.2. The zero-order valence-electron chi connectivity index (χ0n) is 18.4. The van der Waals surface area contributed by atoms with Crippen molar-refractivity contribution in [1.82, 2.24) is 10.3 Å². The maximum Gasteiger partial charge on any atom is 0.272 e. The Morgan fingerprint density at radius 3 is 2.57 bits per heavy atom. The molecule has 9 nitrogen and oxygen atoms in total. The number of nitro benzene ring substituents is 1. The molecule has 0 aliphatic rings. The molecule has 2 amide bonds. The van der Waals surface area contributed by atoms with E-state index in [1.165, 1.54) is 18.2 Å². The number of H-pyrrole nitrogens is 1. The van der Waals surface area contributed by atoms with Gasteiger partial charge in [-0.2, -0.15) is 0 Å². The Kier molecular flexibility index (Phi) is 6.79. The predicted octanol–water partition coefficient (Wildman–Crippen LogP) is 5.15. The minimum Gasteiger partial charge on any atom is -0.497 e. The highest BCUT2D eigenvalue weighted by Gasteiger charge is 2.18. The van der Waals surface area contributed by atoms with Crippen LogP contribution in [0.3, 0.4) is 0 Å². The Bertz CT molecular complexity index is 1460. The molecule has 0 saturated carbocycles. The highest BCUT2D eigenvalue weighted by Crippen LogP contribution is 2.28. The van der Waals surface area contributed by atoms with Gasteiger partial charge in [-0.1, -0.05) is 29.8 Å². The minimum atomic E-state index is -0.714. The first-order chi connectivity index (χ1) is 16.9. The number of nitrogens with one attached hydrogen (secondary N) is 3. The molecule has 4 rings (SSSR count). The third-order valence-electron chi connectivity index (χ3n) is 5.16. The number of rotatable bonds is 7. The number of ether oxygens (including phenoxy) is 1. The van der Waals surface area contributed by atoms with Crippen molar-refractivity contribution in [3.63, 3.8) is 0 Å². The van der Waals surface area contributed by atoms with Crippen LogP contribution in [0.2, 0.25) is 5.02 Å². The van der Waals surface area contributed by atoms with E-state index in [1.807, 2.05) is 6.07 Å². The van der Waals surface area contributed by atoms with Gasteiger partial charge in [0.1, 0.15) is 11.4 Å². The summed E-state index contributed by atoms with van der Waals surface area (Å²) in [5, 5.41) is 17.2. The number of halogens is 1. The van der Waals surface area contributed by atoms with E-state index in [-0.39, 0.29) is 22.1 Å². The second kappa shape index (κ2) is 10.1. The van der Waals surface area contributed by atoms with Gasteiger partial charge < -0.3 is 20.4 Å². The van der Waals surface area contributed by atoms with E-state index in [9.17, 15) is 19.7 Å². The Morgan fingerprint density at radius 1 is 1.09 bits per heavy atom. The SMILES string of the molecule is COc1ccc2[nH]cc(C=C(NC(=O)c3ccccc3)C(=O)Nc3cc([N+](=O)[O-])ccc3Cl)c2c1. The molecule has 3 aromatic carbocycles. The third-order valence-corrected chi connectivity index (χ3v) is 5.49. The second-order valence-corrected chi connectivity index (χ2v) is 7.82. The Morgan fingerprint density at radius 2 is 1.86 bits per heavy atom. The van der Waals surface area contributed by atoms with Gasteiger partial charge in [0.05, 0.1) is 22.7 Å². The Hall–Kier alpha value is -4.63. The first-order valence-electron chi connectivity index (χ1n) is 10.3. The summed E-state index contributed by atoms with van der Waals surface area (Å²) in [6.07, 6.45) is 3.19. The highest BCUT2D eigenvalue weighted by molar-refractivity contribution is 6.34. The monoisotopic (exact) mass is 490 g/mol. The number of benzene rings is 3. The van der Waals surface area contributed by atoms with E-state index in [2.05, 4.69) is 15.6 Å². The van der Waals surface area contributed by atoms with Gasteiger partial charge in [-0.15, -0.1) is 0 Å². The van der Waals surface area contributed by atoms with Gasteiger partial charge in [0, 0.05) is 40.4 Å².